The number of alkyl halides is 1. The van der Waals surface area contributed by atoms with E-state index < -0.39 is 0 Å². The summed E-state index contributed by atoms with van der Waals surface area (Å²) in [5.41, 5.74) is 0.932. The van der Waals surface area contributed by atoms with Crippen LogP contribution in [0.1, 0.15) is 12.5 Å². The Hall–Kier alpha value is -1.16. The lowest BCUT2D eigenvalue weighted by Crippen LogP contribution is -1.99. The molecule has 1 aromatic rings. The summed E-state index contributed by atoms with van der Waals surface area (Å²) in [6.45, 7) is 2.42. The molecule has 0 heterocycles. The quantitative estimate of drug-likeness (QED) is 0.845. The van der Waals surface area contributed by atoms with E-state index in [9.17, 15) is 5.11 Å². The first-order chi connectivity index (χ1) is 7.72. The number of methoxy groups -OCH3 is 1. The van der Waals surface area contributed by atoms with Gasteiger partial charge in [0.15, 0.2) is 11.5 Å². The van der Waals surface area contributed by atoms with Gasteiger partial charge in [-0.05, 0) is 24.6 Å². The van der Waals surface area contributed by atoms with Crippen molar-refractivity contribution >= 4 is 22.0 Å². The van der Waals surface area contributed by atoms with Gasteiger partial charge >= 0.3 is 0 Å². The first-order valence-electron chi connectivity index (χ1n) is 4.95. The van der Waals surface area contributed by atoms with Crippen molar-refractivity contribution in [2.75, 3.05) is 19.0 Å². The van der Waals surface area contributed by atoms with Gasteiger partial charge in [-0.2, -0.15) is 0 Å². The van der Waals surface area contributed by atoms with Gasteiger partial charge in [0.1, 0.15) is 0 Å². The number of phenolic OH excluding ortho intramolecular Hbond substituents is 1. The molecule has 0 bridgehead atoms. The predicted molar refractivity (Wildman–Crippen MR) is 68.7 cm³/mol. The molecule has 1 N–H and O–H groups in total. The van der Waals surface area contributed by atoms with Gasteiger partial charge in [-0.15, -0.1) is 0 Å². The number of halogens is 1. The zero-order valence-corrected chi connectivity index (χ0v) is 11.0. The highest BCUT2D eigenvalue weighted by atomic mass is 79.9. The number of hydrogen-bond donors (Lipinski definition) is 1. The second kappa shape index (κ2) is 6.43. The van der Waals surface area contributed by atoms with Gasteiger partial charge in [-0.1, -0.05) is 28.1 Å². The predicted octanol–water partition coefficient (Wildman–Crippen LogP) is 3.21. The van der Waals surface area contributed by atoms with Gasteiger partial charge in [0, 0.05) is 5.33 Å². The summed E-state index contributed by atoms with van der Waals surface area (Å²) >= 11 is 3.26. The molecule has 0 saturated carbocycles. The molecule has 0 unspecified atom stereocenters. The maximum atomic E-state index is 9.82. The van der Waals surface area contributed by atoms with E-state index in [1.807, 2.05) is 19.1 Å². The largest absolute Gasteiger partial charge is 0.502 e. The highest BCUT2D eigenvalue weighted by Gasteiger charge is 2.10. The van der Waals surface area contributed by atoms with Crippen molar-refractivity contribution in [3.8, 4) is 17.2 Å². The number of ether oxygens (including phenoxy) is 2. The van der Waals surface area contributed by atoms with Crippen LogP contribution in [0.15, 0.2) is 18.2 Å². The summed E-state index contributed by atoms with van der Waals surface area (Å²) < 4.78 is 10.5. The zero-order chi connectivity index (χ0) is 12.0. The smallest absolute Gasteiger partial charge is 0.200 e. The molecule has 1 rings (SSSR count). The Kier molecular flexibility index (Phi) is 5.19. The highest BCUT2D eigenvalue weighted by Crippen LogP contribution is 2.37. The molecule has 16 heavy (non-hydrogen) atoms. The lowest BCUT2D eigenvalue weighted by atomic mass is 10.1. The third kappa shape index (κ3) is 3.17. The molecule has 0 aliphatic carbocycles. The SMILES string of the molecule is CC=Cc1cc(OC)c(O)c(OCCBr)c1. The summed E-state index contributed by atoms with van der Waals surface area (Å²) in [6.07, 6.45) is 3.84. The summed E-state index contributed by atoms with van der Waals surface area (Å²) in [7, 11) is 1.52. The second-order valence-electron chi connectivity index (χ2n) is 3.11. The van der Waals surface area contributed by atoms with E-state index in [2.05, 4.69) is 15.9 Å². The van der Waals surface area contributed by atoms with Crippen molar-refractivity contribution in [3.05, 3.63) is 23.8 Å². The van der Waals surface area contributed by atoms with E-state index in [-0.39, 0.29) is 5.75 Å². The van der Waals surface area contributed by atoms with E-state index in [0.717, 1.165) is 5.56 Å². The monoisotopic (exact) mass is 286 g/mol. The van der Waals surface area contributed by atoms with Gasteiger partial charge < -0.3 is 14.6 Å². The second-order valence-corrected chi connectivity index (χ2v) is 3.90. The van der Waals surface area contributed by atoms with Gasteiger partial charge in [-0.3, -0.25) is 0 Å². The fourth-order valence-corrected chi connectivity index (χ4v) is 1.47. The molecule has 0 aliphatic heterocycles. The number of aromatic hydroxyl groups is 1. The average Bonchev–Trinajstić information content (AvgIpc) is 2.29. The first-order valence-corrected chi connectivity index (χ1v) is 6.07. The Bertz CT molecular complexity index is 375. The maximum absolute atomic E-state index is 9.82. The van der Waals surface area contributed by atoms with Gasteiger partial charge in [-0.25, -0.2) is 0 Å². The van der Waals surface area contributed by atoms with E-state index in [1.54, 1.807) is 12.1 Å². The molecule has 88 valence electrons. The number of rotatable bonds is 5. The maximum Gasteiger partial charge on any atom is 0.200 e. The fraction of sp³-hybridized carbons (Fsp3) is 0.333. The average molecular weight is 287 g/mol. The number of allylic oxidation sites excluding steroid dienone is 1. The van der Waals surface area contributed by atoms with E-state index in [0.29, 0.717) is 23.4 Å². The van der Waals surface area contributed by atoms with E-state index in [4.69, 9.17) is 9.47 Å². The van der Waals surface area contributed by atoms with Crippen molar-refractivity contribution < 1.29 is 14.6 Å². The van der Waals surface area contributed by atoms with Crippen LogP contribution in [-0.2, 0) is 0 Å². The fourth-order valence-electron chi connectivity index (χ4n) is 1.31. The minimum absolute atomic E-state index is 0.0386. The molecule has 0 spiro atoms. The lowest BCUT2D eigenvalue weighted by Gasteiger charge is -2.11. The Morgan fingerprint density at radius 1 is 1.38 bits per heavy atom. The van der Waals surface area contributed by atoms with Gasteiger partial charge in [0.2, 0.25) is 5.75 Å². The molecule has 3 nitrogen and oxygen atoms in total. The molecule has 0 radical (unpaired) electrons. The third-order valence-electron chi connectivity index (χ3n) is 1.98. The summed E-state index contributed by atoms with van der Waals surface area (Å²) in [4.78, 5) is 0. The molecule has 0 aromatic heterocycles. The van der Waals surface area contributed by atoms with Crippen LogP contribution < -0.4 is 9.47 Å². The number of hydrogen-bond acceptors (Lipinski definition) is 3. The molecule has 0 aliphatic rings. The first kappa shape index (κ1) is 12.9. The zero-order valence-electron chi connectivity index (χ0n) is 9.37. The van der Waals surface area contributed by atoms with Crippen LogP contribution in [0.5, 0.6) is 17.2 Å². The molecule has 4 heteroatoms. The van der Waals surface area contributed by atoms with E-state index in [1.165, 1.54) is 7.11 Å². The summed E-state index contributed by atoms with van der Waals surface area (Å²) in [6, 6.07) is 3.54. The normalized spacial score (nSPS) is 10.7. The summed E-state index contributed by atoms with van der Waals surface area (Å²) in [5.74, 6) is 0.892. The van der Waals surface area contributed by atoms with Crippen LogP contribution in [-0.4, -0.2) is 24.2 Å². The number of benzene rings is 1. The molecular weight excluding hydrogens is 272 g/mol. The van der Waals surface area contributed by atoms with Gasteiger partial charge in [0.05, 0.1) is 13.7 Å². The topological polar surface area (TPSA) is 38.7 Å². The highest BCUT2D eigenvalue weighted by molar-refractivity contribution is 9.09. The van der Waals surface area contributed by atoms with Crippen molar-refractivity contribution in [3.63, 3.8) is 0 Å². The van der Waals surface area contributed by atoms with Gasteiger partial charge in [0.25, 0.3) is 0 Å². The molecule has 1 aromatic carbocycles. The minimum atomic E-state index is 0.0386. The van der Waals surface area contributed by atoms with Crippen LogP contribution in [0, 0.1) is 0 Å². The molecule has 0 amide bonds. The van der Waals surface area contributed by atoms with Crippen molar-refractivity contribution in [2.45, 2.75) is 6.92 Å². The molecule has 0 atom stereocenters. The van der Waals surface area contributed by atoms with Crippen LogP contribution in [0.2, 0.25) is 0 Å². The molecular formula is C12H15BrO3. The lowest BCUT2D eigenvalue weighted by molar-refractivity contribution is 0.308. The Morgan fingerprint density at radius 2 is 2.06 bits per heavy atom. The van der Waals surface area contributed by atoms with Crippen molar-refractivity contribution in [1.29, 1.82) is 0 Å². The molecule has 0 fully saturated rings. The van der Waals surface area contributed by atoms with Crippen LogP contribution in [0.4, 0.5) is 0 Å². The van der Waals surface area contributed by atoms with E-state index >= 15 is 0 Å². The van der Waals surface area contributed by atoms with Crippen molar-refractivity contribution in [1.82, 2.24) is 0 Å². The standard InChI is InChI=1S/C12H15BrO3/c1-3-4-9-7-10(15-2)12(14)11(8-9)16-6-5-13/h3-4,7-8,14H,5-6H2,1-2H3. The van der Waals surface area contributed by atoms with Crippen molar-refractivity contribution in [2.24, 2.45) is 0 Å². The molecule has 0 saturated heterocycles. The Morgan fingerprint density at radius 3 is 2.62 bits per heavy atom. The Labute approximate surface area is 104 Å². The number of phenols is 1. The van der Waals surface area contributed by atoms with Crippen LogP contribution in [0.3, 0.4) is 0 Å². The summed E-state index contributed by atoms with van der Waals surface area (Å²) in [5, 5.41) is 10.5. The minimum Gasteiger partial charge on any atom is -0.502 e. The Balaban J connectivity index is 3.08. The third-order valence-corrected chi connectivity index (χ3v) is 2.30. The van der Waals surface area contributed by atoms with Crippen LogP contribution in [0.25, 0.3) is 6.08 Å². The van der Waals surface area contributed by atoms with Crippen LogP contribution >= 0.6 is 15.9 Å².